The monoisotopic (exact) mass is 207 g/mol. The molecule has 0 heterocycles. The van der Waals surface area contributed by atoms with Gasteiger partial charge in [-0.3, -0.25) is 4.79 Å². The van der Waals surface area contributed by atoms with E-state index in [1.807, 2.05) is 18.2 Å². The van der Waals surface area contributed by atoms with Crippen LogP contribution in [0.2, 0.25) is 0 Å². The fourth-order valence-corrected chi connectivity index (χ4v) is 1.10. The molecule has 1 aromatic carbocycles. The maximum atomic E-state index is 11.0. The lowest BCUT2D eigenvalue weighted by Gasteiger charge is -2.04. The molecule has 1 radical (unpaired) electrons. The second-order valence-electron chi connectivity index (χ2n) is 2.98. The molecule has 15 heavy (non-hydrogen) atoms. The first-order valence-corrected chi connectivity index (χ1v) is 5.08. The molecule has 0 saturated heterocycles. The molecule has 0 aromatic heterocycles. The highest BCUT2D eigenvalue weighted by molar-refractivity contribution is 5.69. The van der Waals surface area contributed by atoms with Crippen molar-refractivity contribution in [2.75, 3.05) is 13.2 Å². The number of rotatable bonds is 6. The SMILES string of the molecule is CCOC(=O)CCCOc1[c]cccc1. The minimum atomic E-state index is -0.168. The van der Waals surface area contributed by atoms with E-state index in [0.29, 0.717) is 31.8 Å². The van der Waals surface area contributed by atoms with E-state index in [1.54, 1.807) is 13.0 Å². The first-order valence-electron chi connectivity index (χ1n) is 5.08. The Labute approximate surface area is 90.0 Å². The van der Waals surface area contributed by atoms with Crippen LogP contribution in [0.25, 0.3) is 0 Å². The summed E-state index contributed by atoms with van der Waals surface area (Å²) in [4.78, 5) is 11.0. The molecule has 0 atom stereocenters. The van der Waals surface area contributed by atoms with Gasteiger partial charge < -0.3 is 9.47 Å². The first kappa shape index (κ1) is 11.6. The molecule has 81 valence electrons. The van der Waals surface area contributed by atoms with Gasteiger partial charge in [0.25, 0.3) is 0 Å². The van der Waals surface area contributed by atoms with Gasteiger partial charge in [0, 0.05) is 12.5 Å². The summed E-state index contributed by atoms with van der Waals surface area (Å²) >= 11 is 0. The minimum Gasteiger partial charge on any atom is -0.493 e. The van der Waals surface area contributed by atoms with Gasteiger partial charge in [-0.05, 0) is 19.4 Å². The van der Waals surface area contributed by atoms with Crippen LogP contribution in [0.3, 0.4) is 0 Å². The average Bonchev–Trinajstić information content (AvgIpc) is 2.26. The van der Waals surface area contributed by atoms with Gasteiger partial charge >= 0.3 is 5.97 Å². The van der Waals surface area contributed by atoms with E-state index in [4.69, 9.17) is 9.47 Å². The number of hydrogen-bond donors (Lipinski definition) is 0. The van der Waals surface area contributed by atoms with E-state index in [0.717, 1.165) is 0 Å². The predicted molar refractivity (Wildman–Crippen MR) is 56.6 cm³/mol. The molecule has 3 nitrogen and oxygen atoms in total. The van der Waals surface area contributed by atoms with Crippen LogP contribution < -0.4 is 4.74 Å². The second kappa shape index (κ2) is 6.87. The van der Waals surface area contributed by atoms with Crippen molar-refractivity contribution in [3.8, 4) is 5.75 Å². The van der Waals surface area contributed by atoms with Crippen LogP contribution in [0, 0.1) is 6.07 Å². The maximum Gasteiger partial charge on any atom is 0.305 e. The van der Waals surface area contributed by atoms with Crippen molar-refractivity contribution in [2.24, 2.45) is 0 Å². The molecule has 0 saturated carbocycles. The van der Waals surface area contributed by atoms with E-state index < -0.39 is 0 Å². The molecule has 3 heteroatoms. The van der Waals surface area contributed by atoms with Crippen LogP contribution in [-0.4, -0.2) is 19.2 Å². The van der Waals surface area contributed by atoms with Crippen molar-refractivity contribution in [1.29, 1.82) is 0 Å². The standard InChI is InChI=1S/C12H15O3/c1-2-14-12(13)9-6-10-15-11-7-4-3-5-8-11/h3-5,7H,2,6,9-10H2,1H3. The summed E-state index contributed by atoms with van der Waals surface area (Å²) in [5.41, 5.74) is 0. The summed E-state index contributed by atoms with van der Waals surface area (Å²) in [6, 6.07) is 10.3. The average molecular weight is 207 g/mol. The van der Waals surface area contributed by atoms with Gasteiger partial charge in [-0.2, -0.15) is 0 Å². The molecular formula is C12H15O3. The van der Waals surface area contributed by atoms with Crippen molar-refractivity contribution in [3.05, 3.63) is 30.3 Å². The molecule has 0 amide bonds. The van der Waals surface area contributed by atoms with E-state index in [9.17, 15) is 4.79 Å². The van der Waals surface area contributed by atoms with Crippen LogP contribution in [0.5, 0.6) is 5.75 Å². The Morgan fingerprint density at radius 2 is 2.33 bits per heavy atom. The zero-order valence-electron chi connectivity index (χ0n) is 8.86. The molecule has 1 aromatic rings. The fraction of sp³-hybridized carbons (Fsp3) is 0.417. The Kier molecular flexibility index (Phi) is 5.30. The Morgan fingerprint density at radius 1 is 1.47 bits per heavy atom. The molecule has 0 N–H and O–H groups in total. The number of carbonyl (C=O) groups is 1. The third-order valence-corrected chi connectivity index (χ3v) is 1.77. The number of ether oxygens (including phenoxy) is 2. The fourth-order valence-electron chi connectivity index (χ4n) is 1.10. The Morgan fingerprint density at radius 3 is 3.00 bits per heavy atom. The summed E-state index contributed by atoms with van der Waals surface area (Å²) < 4.78 is 10.2. The first-order chi connectivity index (χ1) is 7.33. The number of para-hydroxylation sites is 1. The highest BCUT2D eigenvalue weighted by Gasteiger charge is 2.00. The summed E-state index contributed by atoms with van der Waals surface area (Å²) in [5, 5.41) is 0. The van der Waals surface area contributed by atoms with Crippen LogP contribution in [0.4, 0.5) is 0 Å². The number of benzene rings is 1. The van der Waals surface area contributed by atoms with Crippen molar-refractivity contribution in [2.45, 2.75) is 19.8 Å². The summed E-state index contributed by atoms with van der Waals surface area (Å²) in [7, 11) is 0. The van der Waals surface area contributed by atoms with Crippen molar-refractivity contribution >= 4 is 5.97 Å². The minimum absolute atomic E-state index is 0.168. The summed E-state index contributed by atoms with van der Waals surface area (Å²) in [6.07, 6.45) is 1.07. The number of carbonyl (C=O) groups excluding carboxylic acids is 1. The Balaban J connectivity index is 2.10. The van der Waals surface area contributed by atoms with Gasteiger partial charge in [-0.1, -0.05) is 18.2 Å². The molecule has 0 aliphatic carbocycles. The lowest BCUT2D eigenvalue weighted by molar-refractivity contribution is -0.143. The predicted octanol–water partition coefficient (Wildman–Crippen LogP) is 2.21. The Bertz CT molecular complexity index is 282. The van der Waals surface area contributed by atoms with Gasteiger partial charge in [0.05, 0.1) is 13.2 Å². The quantitative estimate of drug-likeness (QED) is 0.530. The van der Waals surface area contributed by atoms with E-state index in [-0.39, 0.29) is 5.97 Å². The van der Waals surface area contributed by atoms with Crippen LogP contribution >= 0.6 is 0 Å². The lowest BCUT2D eigenvalue weighted by Crippen LogP contribution is -2.06. The largest absolute Gasteiger partial charge is 0.493 e. The molecule has 0 unspecified atom stereocenters. The molecule has 0 spiro atoms. The van der Waals surface area contributed by atoms with Crippen LogP contribution in [0.15, 0.2) is 24.3 Å². The summed E-state index contributed by atoms with van der Waals surface area (Å²) in [6.45, 7) is 2.75. The van der Waals surface area contributed by atoms with E-state index in [1.165, 1.54) is 0 Å². The van der Waals surface area contributed by atoms with Gasteiger partial charge in [0.15, 0.2) is 0 Å². The topological polar surface area (TPSA) is 35.5 Å². The molecule has 1 rings (SSSR count). The van der Waals surface area contributed by atoms with Crippen LogP contribution in [0.1, 0.15) is 19.8 Å². The lowest BCUT2D eigenvalue weighted by atomic mass is 10.3. The third-order valence-electron chi connectivity index (χ3n) is 1.77. The van der Waals surface area contributed by atoms with Crippen molar-refractivity contribution in [1.82, 2.24) is 0 Å². The van der Waals surface area contributed by atoms with E-state index in [2.05, 4.69) is 6.07 Å². The summed E-state index contributed by atoms with van der Waals surface area (Å²) in [5.74, 6) is 0.541. The molecule has 0 bridgehead atoms. The van der Waals surface area contributed by atoms with Gasteiger partial charge in [0.1, 0.15) is 5.75 Å². The zero-order chi connectivity index (χ0) is 10.9. The van der Waals surface area contributed by atoms with Gasteiger partial charge in [-0.25, -0.2) is 0 Å². The second-order valence-corrected chi connectivity index (χ2v) is 2.98. The molecular weight excluding hydrogens is 192 g/mol. The van der Waals surface area contributed by atoms with Crippen molar-refractivity contribution < 1.29 is 14.3 Å². The zero-order valence-corrected chi connectivity index (χ0v) is 8.86. The normalized spacial score (nSPS) is 9.67. The molecule has 0 aliphatic rings. The number of esters is 1. The Hall–Kier alpha value is -1.51. The molecule has 0 fully saturated rings. The van der Waals surface area contributed by atoms with Crippen molar-refractivity contribution in [3.63, 3.8) is 0 Å². The highest BCUT2D eigenvalue weighted by Crippen LogP contribution is 2.07. The van der Waals surface area contributed by atoms with E-state index >= 15 is 0 Å². The highest BCUT2D eigenvalue weighted by atomic mass is 16.5. The van der Waals surface area contributed by atoms with Crippen LogP contribution in [-0.2, 0) is 9.53 Å². The third kappa shape index (κ3) is 5.05. The van der Waals surface area contributed by atoms with Gasteiger partial charge in [-0.15, -0.1) is 0 Å². The van der Waals surface area contributed by atoms with Gasteiger partial charge in [0.2, 0.25) is 0 Å². The number of hydrogen-bond acceptors (Lipinski definition) is 3. The molecule has 0 aliphatic heterocycles. The smallest absolute Gasteiger partial charge is 0.305 e. The maximum absolute atomic E-state index is 11.0.